The summed E-state index contributed by atoms with van der Waals surface area (Å²) in [4.78, 5) is 5.00. The quantitative estimate of drug-likeness (QED) is 0.920. The van der Waals surface area contributed by atoms with Crippen LogP contribution in [-0.4, -0.2) is 10.1 Å². The van der Waals surface area contributed by atoms with Crippen molar-refractivity contribution in [1.82, 2.24) is 4.98 Å². The first kappa shape index (κ1) is 12.7. The highest BCUT2D eigenvalue weighted by molar-refractivity contribution is 9.10. The van der Waals surface area contributed by atoms with E-state index < -0.39 is 6.10 Å². The summed E-state index contributed by atoms with van der Waals surface area (Å²) in [5.74, 6) is 0.334. The number of aliphatic hydroxyl groups is 1. The second-order valence-electron chi connectivity index (χ2n) is 4.07. The molecular weight excluding hydrogens is 298 g/mol. The predicted octanol–water partition coefficient (Wildman–Crippen LogP) is 4.13. The van der Waals surface area contributed by atoms with Crippen LogP contribution in [0.25, 0.3) is 0 Å². The van der Waals surface area contributed by atoms with Crippen LogP contribution >= 0.6 is 27.3 Å². The Balaban J connectivity index is 2.05. The average molecular weight is 312 g/mol. The van der Waals surface area contributed by atoms with Crippen molar-refractivity contribution >= 4 is 27.3 Å². The summed E-state index contributed by atoms with van der Waals surface area (Å²) in [7, 11) is 0. The zero-order valence-electron chi connectivity index (χ0n) is 9.51. The Morgan fingerprint density at radius 2 is 2.06 bits per heavy atom. The lowest BCUT2D eigenvalue weighted by Gasteiger charge is -2.15. The average Bonchev–Trinajstić information content (AvgIpc) is 2.76. The second kappa shape index (κ2) is 5.76. The van der Waals surface area contributed by atoms with Crippen molar-refractivity contribution in [2.45, 2.75) is 25.4 Å². The summed E-state index contributed by atoms with van der Waals surface area (Å²) in [6, 6.07) is 10.3. The molecule has 2 unspecified atom stereocenters. The normalized spacial score (nSPS) is 14.5. The molecule has 1 heterocycles. The third kappa shape index (κ3) is 3.15. The van der Waals surface area contributed by atoms with Crippen LogP contribution in [0.2, 0.25) is 0 Å². The number of hydrogen-bond donors (Lipinski definition) is 1. The van der Waals surface area contributed by atoms with E-state index in [1.54, 1.807) is 5.51 Å². The predicted molar refractivity (Wildman–Crippen MR) is 74.2 cm³/mol. The van der Waals surface area contributed by atoms with Crippen molar-refractivity contribution in [3.05, 3.63) is 50.9 Å². The maximum absolute atomic E-state index is 10.2. The zero-order chi connectivity index (χ0) is 12.3. The highest BCUT2D eigenvalue weighted by atomic mass is 79.9. The lowest BCUT2D eigenvalue weighted by atomic mass is 9.95. The third-order valence-corrected chi connectivity index (χ3v) is 4.62. The van der Waals surface area contributed by atoms with Gasteiger partial charge in [-0.2, -0.15) is 0 Å². The zero-order valence-corrected chi connectivity index (χ0v) is 11.9. The minimum atomic E-state index is -0.452. The molecule has 0 aliphatic rings. The molecule has 0 spiro atoms. The van der Waals surface area contributed by atoms with E-state index in [4.69, 9.17) is 0 Å². The smallest absolute Gasteiger partial charge is 0.122 e. The summed E-state index contributed by atoms with van der Waals surface area (Å²) in [5, 5.41) is 10.2. The topological polar surface area (TPSA) is 33.1 Å². The van der Waals surface area contributed by atoms with Gasteiger partial charge in [0.25, 0.3) is 0 Å². The number of benzene rings is 1. The molecular formula is C13H14BrNOS. The number of aromatic nitrogens is 1. The van der Waals surface area contributed by atoms with Gasteiger partial charge in [0.1, 0.15) is 4.60 Å². The van der Waals surface area contributed by atoms with Crippen LogP contribution in [0, 0.1) is 0 Å². The van der Waals surface area contributed by atoms with Gasteiger partial charge in [-0.1, -0.05) is 37.3 Å². The lowest BCUT2D eigenvalue weighted by Crippen LogP contribution is -2.02. The van der Waals surface area contributed by atoms with Crippen molar-refractivity contribution in [3.63, 3.8) is 0 Å². The molecule has 0 bridgehead atoms. The maximum atomic E-state index is 10.2. The van der Waals surface area contributed by atoms with Crippen molar-refractivity contribution < 1.29 is 5.11 Å². The Bertz CT molecular complexity index is 471. The van der Waals surface area contributed by atoms with E-state index in [0.717, 1.165) is 9.48 Å². The number of rotatable bonds is 4. The van der Waals surface area contributed by atoms with Crippen molar-refractivity contribution in [3.8, 4) is 0 Å². The standard InChI is InChI=1S/C13H14BrNOS/c1-9(10-5-3-2-4-6-10)7-11(16)12-13(14)15-8-17-12/h2-6,8-9,11,16H,7H2,1H3. The Morgan fingerprint density at radius 1 is 1.35 bits per heavy atom. The first-order chi connectivity index (χ1) is 8.18. The monoisotopic (exact) mass is 311 g/mol. The second-order valence-corrected chi connectivity index (χ2v) is 5.71. The van der Waals surface area contributed by atoms with Gasteiger partial charge in [-0.25, -0.2) is 4.98 Å². The summed E-state index contributed by atoms with van der Waals surface area (Å²) in [6.45, 7) is 2.13. The van der Waals surface area contributed by atoms with Gasteiger partial charge in [-0.15, -0.1) is 11.3 Å². The highest BCUT2D eigenvalue weighted by Crippen LogP contribution is 2.33. The van der Waals surface area contributed by atoms with Gasteiger partial charge < -0.3 is 5.11 Å². The Hall–Kier alpha value is -0.710. The Morgan fingerprint density at radius 3 is 2.65 bits per heavy atom. The third-order valence-electron chi connectivity index (χ3n) is 2.80. The number of halogens is 1. The van der Waals surface area contributed by atoms with Gasteiger partial charge >= 0.3 is 0 Å². The molecule has 90 valence electrons. The van der Waals surface area contributed by atoms with Gasteiger partial charge in [-0.3, -0.25) is 0 Å². The molecule has 1 aromatic carbocycles. The molecule has 2 rings (SSSR count). The molecule has 1 aromatic heterocycles. The van der Waals surface area contributed by atoms with Crippen molar-refractivity contribution in [2.75, 3.05) is 0 Å². The number of aliphatic hydroxyl groups excluding tert-OH is 1. The van der Waals surface area contributed by atoms with Crippen LogP contribution in [0.4, 0.5) is 0 Å². The molecule has 0 aliphatic carbocycles. The number of thiazole rings is 1. The van der Waals surface area contributed by atoms with Crippen molar-refractivity contribution in [2.24, 2.45) is 0 Å². The number of hydrogen-bond acceptors (Lipinski definition) is 3. The molecule has 2 atom stereocenters. The van der Waals surface area contributed by atoms with Gasteiger partial charge in [-0.05, 0) is 33.8 Å². The molecule has 2 aromatic rings. The molecule has 0 fully saturated rings. The molecule has 0 radical (unpaired) electrons. The molecule has 0 saturated heterocycles. The molecule has 0 saturated carbocycles. The Kier molecular flexibility index (Phi) is 4.31. The largest absolute Gasteiger partial charge is 0.387 e. The summed E-state index contributed by atoms with van der Waals surface area (Å²) >= 11 is 4.84. The minimum Gasteiger partial charge on any atom is -0.387 e. The van der Waals surface area contributed by atoms with Crippen molar-refractivity contribution in [1.29, 1.82) is 0 Å². The molecule has 0 amide bonds. The highest BCUT2D eigenvalue weighted by Gasteiger charge is 2.17. The van der Waals surface area contributed by atoms with E-state index in [0.29, 0.717) is 12.3 Å². The van der Waals surface area contributed by atoms with Gasteiger partial charge in [0.2, 0.25) is 0 Å². The molecule has 4 heteroatoms. The van der Waals surface area contributed by atoms with Crippen LogP contribution in [0.15, 0.2) is 40.4 Å². The van der Waals surface area contributed by atoms with E-state index in [1.807, 2.05) is 18.2 Å². The molecule has 2 nitrogen and oxygen atoms in total. The van der Waals surface area contributed by atoms with E-state index in [2.05, 4.69) is 40.0 Å². The first-order valence-electron chi connectivity index (χ1n) is 5.50. The van der Waals surface area contributed by atoms with Crippen LogP contribution < -0.4 is 0 Å². The first-order valence-corrected chi connectivity index (χ1v) is 7.17. The van der Waals surface area contributed by atoms with E-state index in [1.165, 1.54) is 16.9 Å². The fourth-order valence-electron chi connectivity index (χ4n) is 1.82. The molecule has 17 heavy (non-hydrogen) atoms. The lowest BCUT2D eigenvalue weighted by molar-refractivity contribution is 0.162. The SMILES string of the molecule is CC(CC(O)c1scnc1Br)c1ccccc1. The van der Waals surface area contributed by atoms with Gasteiger partial charge in [0, 0.05) is 0 Å². The fraction of sp³-hybridized carbons (Fsp3) is 0.308. The van der Waals surface area contributed by atoms with E-state index in [9.17, 15) is 5.11 Å². The maximum Gasteiger partial charge on any atom is 0.122 e. The van der Waals surface area contributed by atoms with Crippen LogP contribution in [-0.2, 0) is 0 Å². The van der Waals surface area contributed by atoms with Crippen LogP contribution in [0.5, 0.6) is 0 Å². The summed E-state index contributed by atoms with van der Waals surface area (Å²) in [5.41, 5.74) is 3.00. The number of nitrogens with zero attached hydrogens (tertiary/aromatic N) is 1. The van der Waals surface area contributed by atoms with E-state index in [-0.39, 0.29) is 0 Å². The van der Waals surface area contributed by atoms with Gasteiger partial charge in [0.15, 0.2) is 0 Å². The fourth-order valence-corrected chi connectivity index (χ4v) is 3.27. The summed E-state index contributed by atoms with van der Waals surface area (Å²) in [6.07, 6.45) is 0.261. The van der Waals surface area contributed by atoms with Crippen LogP contribution in [0.1, 0.15) is 35.8 Å². The summed E-state index contributed by atoms with van der Waals surface area (Å²) < 4.78 is 0.760. The molecule has 0 aliphatic heterocycles. The van der Waals surface area contributed by atoms with E-state index >= 15 is 0 Å². The Labute approximate surface area is 113 Å². The molecule has 1 N–H and O–H groups in total. The minimum absolute atomic E-state index is 0.334. The van der Waals surface area contributed by atoms with Gasteiger partial charge in [0.05, 0.1) is 16.5 Å². The van der Waals surface area contributed by atoms with Crippen LogP contribution in [0.3, 0.4) is 0 Å².